The van der Waals surface area contributed by atoms with Crippen molar-refractivity contribution in [3.8, 4) is 0 Å². The minimum atomic E-state index is 0.850. The maximum absolute atomic E-state index is 4.00. The van der Waals surface area contributed by atoms with Crippen LogP contribution in [0.15, 0.2) is 69.0 Å². The fourth-order valence-corrected chi connectivity index (χ4v) is 1.87. The maximum Gasteiger partial charge on any atom is 0.0853 e. The van der Waals surface area contributed by atoms with Gasteiger partial charge < -0.3 is 4.90 Å². The number of anilines is 2. The smallest absolute Gasteiger partial charge is 0.0853 e. The Morgan fingerprint density at radius 2 is 1.00 bits per heavy atom. The van der Waals surface area contributed by atoms with E-state index in [1.807, 2.05) is 55.6 Å². The van der Waals surface area contributed by atoms with Crippen molar-refractivity contribution in [2.45, 2.75) is 0 Å². The molecule has 102 valence electrons. The molecule has 0 aliphatic rings. The van der Waals surface area contributed by atoms with Crippen molar-refractivity contribution in [3.63, 3.8) is 0 Å². The zero-order valence-electron chi connectivity index (χ0n) is 11.9. The monoisotopic (exact) mass is 267 g/mol. The van der Waals surface area contributed by atoms with Gasteiger partial charge in [-0.1, -0.05) is 0 Å². The second-order valence-electron chi connectivity index (χ2n) is 4.19. The van der Waals surface area contributed by atoms with Gasteiger partial charge in [0.1, 0.15) is 0 Å². The molecule has 0 atom stereocenters. The van der Waals surface area contributed by atoms with E-state index in [9.17, 15) is 0 Å². The Hall–Kier alpha value is -2.56. The van der Waals surface area contributed by atoms with Crippen LogP contribution in [0.3, 0.4) is 0 Å². The SMILES string of the molecule is CN=Nc1ccc(N(C)c2ccc(N=NC)cc2)cc1. The molecule has 0 heterocycles. The second kappa shape index (κ2) is 6.56. The normalized spacial score (nSPS) is 11.3. The molecule has 0 radical (unpaired) electrons. The van der Waals surface area contributed by atoms with E-state index in [4.69, 9.17) is 0 Å². The average Bonchev–Trinajstić information content (AvgIpc) is 2.49. The van der Waals surface area contributed by atoms with Crippen molar-refractivity contribution in [2.75, 3.05) is 26.0 Å². The summed E-state index contributed by atoms with van der Waals surface area (Å²) in [5.41, 5.74) is 3.88. The molecular formula is C15H17N5. The topological polar surface area (TPSA) is 52.7 Å². The number of hydrogen-bond donors (Lipinski definition) is 0. The van der Waals surface area contributed by atoms with Gasteiger partial charge in [0.25, 0.3) is 0 Å². The van der Waals surface area contributed by atoms with E-state index in [1.165, 1.54) is 0 Å². The Bertz CT molecular complexity index is 544. The summed E-state index contributed by atoms with van der Waals surface area (Å²) < 4.78 is 0. The molecule has 0 aliphatic heterocycles. The van der Waals surface area contributed by atoms with E-state index >= 15 is 0 Å². The van der Waals surface area contributed by atoms with Crippen LogP contribution in [-0.2, 0) is 0 Å². The highest BCUT2D eigenvalue weighted by molar-refractivity contribution is 5.65. The van der Waals surface area contributed by atoms with Crippen LogP contribution in [0.4, 0.5) is 22.7 Å². The molecule has 5 nitrogen and oxygen atoms in total. The minimum Gasteiger partial charge on any atom is -0.345 e. The first-order valence-electron chi connectivity index (χ1n) is 6.28. The Morgan fingerprint density at radius 1 is 0.650 bits per heavy atom. The van der Waals surface area contributed by atoms with Crippen LogP contribution >= 0.6 is 0 Å². The number of nitrogens with zero attached hydrogens (tertiary/aromatic N) is 5. The highest BCUT2D eigenvalue weighted by Crippen LogP contribution is 2.27. The Balaban J connectivity index is 2.19. The molecule has 0 spiro atoms. The number of azo groups is 2. The molecule has 0 aromatic heterocycles. The van der Waals surface area contributed by atoms with Crippen molar-refractivity contribution in [2.24, 2.45) is 20.5 Å². The third-order valence-corrected chi connectivity index (χ3v) is 2.90. The van der Waals surface area contributed by atoms with E-state index in [0.717, 1.165) is 22.7 Å². The zero-order valence-corrected chi connectivity index (χ0v) is 11.9. The van der Waals surface area contributed by atoms with Gasteiger partial charge in [0.05, 0.1) is 11.4 Å². The Labute approximate surface area is 118 Å². The third kappa shape index (κ3) is 3.26. The van der Waals surface area contributed by atoms with E-state index in [-0.39, 0.29) is 0 Å². The molecule has 0 aliphatic carbocycles. The van der Waals surface area contributed by atoms with E-state index in [2.05, 4.69) is 25.4 Å². The summed E-state index contributed by atoms with van der Waals surface area (Å²) in [5.74, 6) is 0. The largest absolute Gasteiger partial charge is 0.345 e. The fourth-order valence-electron chi connectivity index (χ4n) is 1.87. The van der Waals surface area contributed by atoms with Gasteiger partial charge in [0.15, 0.2) is 0 Å². The number of benzene rings is 2. The summed E-state index contributed by atoms with van der Waals surface area (Å²) in [6, 6.07) is 15.8. The zero-order chi connectivity index (χ0) is 14.4. The molecule has 0 N–H and O–H groups in total. The van der Waals surface area contributed by atoms with Gasteiger partial charge in [-0.2, -0.15) is 20.5 Å². The lowest BCUT2D eigenvalue weighted by atomic mass is 10.2. The predicted molar refractivity (Wildman–Crippen MR) is 81.8 cm³/mol. The Kier molecular flexibility index (Phi) is 4.55. The van der Waals surface area contributed by atoms with Gasteiger partial charge in [-0.25, -0.2) is 0 Å². The predicted octanol–water partition coefficient (Wildman–Crippen LogP) is 4.88. The first kappa shape index (κ1) is 13.9. The molecule has 0 unspecified atom stereocenters. The van der Waals surface area contributed by atoms with E-state index in [0.29, 0.717) is 0 Å². The fraction of sp³-hybridized carbons (Fsp3) is 0.200. The maximum atomic E-state index is 4.00. The van der Waals surface area contributed by atoms with Crippen molar-refractivity contribution >= 4 is 22.7 Å². The van der Waals surface area contributed by atoms with Crippen molar-refractivity contribution in [1.29, 1.82) is 0 Å². The molecule has 0 saturated heterocycles. The molecule has 2 aromatic rings. The van der Waals surface area contributed by atoms with Gasteiger partial charge in [0, 0.05) is 32.5 Å². The third-order valence-electron chi connectivity index (χ3n) is 2.90. The van der Waals surface area contributed by atoms with Crippen LogP contribution < -0.4 is 4.90 Å². The van der Waals surface area contributed by atoms with E-state index < -0.39 is 0 Å². The van der Waals surface area contributed by atoms with Crippen LogP contribution in [-0.4, -0.2) is 21.1 Å². The van der Waals surface area contributed by atoms with Gasteiger partial charge in [-0.3, -0.25) is 0 Å². The van der Waals surface area contributed by atoms with Crippen LogP contribution in [0.1, 0.15) is 0 Å². The Morgan fingerprint density at radius 3 is 1.30 bits per heavy atom. The number of hydrogen-bond acceptors (Lipinski definition) is 5. The number of rotatable bonds is 4. The van der Waals surface area contributed by atoms with Crippen molar-refractivity contribution < 1.29 is 0 Å². The molecule has 5 heteroatoms. The molecule has 0 amide bonds. The first-order chi connectivity index (χ1) is 9.74. The summed E-state index contributed by atoms with van der Waals surface area (Å²) in [7, 11) is 5.34. The highest BCUT2D eigenvalue weighted by atomic mass is 15.1. The molecule has 0 fully saturated rings. The highest BCUT2D eigenvalue weighted by Gasteiger charge is 2.03. The first-order valence-corrected chi connectivity index (χ1v) is 6.28. The van der Waals surface area contributed by atoms with Gasteiger partial charge in [-0.05, 0) is 48.5 Å². The quantitative estimate of drug-likeness (QED) is 0.728. The van der Waals surface area contributed by atoms with Gasteiger partial charge in [0.2, 0.25) is 0 Å². The molecule has 2 rings (SSSR count). The summed E-state index contributed by atoms with van der Waals surface area (Å²) in [6.07, 6.45) is 0. The lowest BCUT2D eigenvalue weighted by Crippen LogP contribution is -2.08. The average molecular weight is 267 g/mol. The van der Waals surface area contributed by atoms with Crippen LogP contribution in [0.2, 0.25) is 0 Å². The summed E-state index contributed by atoms with van der Waals surface area (Å²) in [6.45, 7) is 0. The lowest BCUT2D eigenvalue weighted by molar-refractivity contribution is 1.15. The standard InChI is InChI=1S/C15H17N5/c1-16-18-12-4-8-14(9-5-12)20(3)15-10-6-13(7-11-15)19-17-2/h4-11H,1-3H3. The van der Waals surface area contributed by atoms with Crippen molar-refractivity contribution in [1.82, 2.24) is 0 Å². The lowest BCUT2D eigenvalue weighted by Gasteiger charge is -2.19. The van der Waals surface area contributed by atoms with Crippen LogP contribution in [0.5, 0.6) is 0 Å². The minimum absolute atomic E-state index is 0.850. The molecule has 20 heavy (non-hydrogen) atoms. The summed E-state index contributed by atoms with van der Waals surface area (Å²) in [5, 5.41) is 15.5. The molecule has 0 saturated carbocycles. The van der Waals surface area contributed by atoms with Crippen LogP contribution in [0.25, 0.3) is 0 Å². The summed E-state index contributed by atoms with van der Waals surface area (Å²) >= 11 is 0. The second-order valence-corrected chi connectivity index (χ2v) is 4.19. The van der Waals surface area contributed by atoms with E-state index in [1.54, 1.807) is 14.1 Å². The molecular weight excluding hydrogens is 250 g/mol. The molecule has 0 bridgehead atoms. The van der Waals surface area contributed by atoms with Crippen LogP contribution in [0, 0.1) is 0 Å². The van der Waals surface area contributed by atoms with Gasteiger partial charge >= 0.3 is 0 Å². The van der Waals surface area contributed by atoms with Gasteiger partial charge in [-0.15, -0.1) is 0 Å². The molecule has 2 aromatic carbocycles. The summed E-state index contributed by atoms with van der Waals surface area (Å²) in [4.78, 5) is 2.10. The van der Waals surface area contributed by atoms with Crippen molar-refractivity contribution in [3.05, 3.63) is 48.5 Å².